The highest BCUT2D eigenvalue weighted by atomic mass is 19.1. The number of rotatable bonds is 2. The van der Waals surface area contributed by atoms with Gasteiger partial charge in [0.1, 0.15) is 5.82 Å². The molecule has 98 valence electrons. The summed E-state index contributed by atoms with van der Waals surface area (Å²) in [7, 11) is 1.84. The Morgan fingerprint density at radius 1 is 1.22 bits per heavy atom. The third-order valence-corrected chi connectivity index (χ3v) is 3.76. The second-order valence-corrected chi connectivity index (χ2v) is 5.07. The highest BCUT2D eigenvalue weighted by molar-refractivity contribution is 5.94. The zero-order valence-corrected chi connectivity index (χ0v) is 10.9. The van der Waals surface area contributed by atoms with E-state index in [2.05, 4.69) is 0 Å². The zero-order valence-electron chi connectivity index (χ0n) is 10.9. The fraction of sp³-hybridized carbons (Fsp3) is 0.533. The summed E-state index contributed by atoms with van der Waals surface area (Å²) in [6.07, 6.45) is 7.03. The molecule has 0 aliphatic heterocycles. The molecule has 0 saturated heterocycles. The summed E-state index contributed by atoms with van der Waals surface area (Å²) in [6, 6.07) is 6.25. The molecular formula is C15H20FNO. The van der Waals surface area contributed by atoms with Crippen molar-refractivity contribution in [2.24, 2.45) is 0 Å². The van der Waals surface area contributed by atoms with Crippen LogP contribution >= 0.6 is 0 Å². The van der Waals surface area contributed by atoms with Crippen LogP contribution in [0, 0.1) is 5.82 Å². The molecule has 1 aromatic carbocycles. The van der Waals surface area contributed by atoms with Crippen molar-refractivity contribution in [2.75, 3.05) is 7.05 Å². The first-order valence-corrected chi connectivity index (χ1v) is 6.71. The molecule has 18 heavy (non-hydrogen) atoms. The van der Waals surface area contributed by atoms with Gasteiger partial charge in [-0.15, -0.1) is 0 Å². The molecule has 1 amide bonds. The van der Waals surface area contributed by atoms with Gasteiger partial charge >= 0.3 is 0 Å². The molecule has 1 aromatic rings. The molecule has 3 heteroatoms. The Bertz CT molecular complexity index is 411. The molecule has 0 atom stereocenters. The number of amides is 1. The first kappa shape index (κ1) is 13.1. The first-order valence-electron chi connectivity index (χ1n) is 6.71. The normalized spacial score (nSPS) is 17.2. The molecule has 2 rings (SSSR count). The van der Waals surface area contributed by atoms with Crippen LogP contribution in [0.25, 0.3) is 0 Å². The van der Waals surface area contributed by atoms with Crippen molar-refractivity contribution >= 4 is 5.91 Å². The largest absolute Gasteiger partial charge is 0.339 e. The van der Waals surface area contributed by atoms with Crippen LogP contribution in [0.4, 0.5) is 4.39 Å². The predicted molar refractivity (Wildman–Crippen MR) is 70.0 cm³/mol. The molecule has 0 bridgehead atoms. The molecule has 1 aliphatic carbocycles. The number of carbonyl (C=O) groups is 1. The molecule has 0 heterocycles. The van der Waals surface area contributed by atoms with E-state index in [4.69, 9.17) is 0 Å². The van der Waals surface area contributed by atoms with Crippen LogP contribution < -0.4 is 0 Å². The Balaban J connectivity index is 2.07. The van der Waals surface area contributed by atoms with E-state index in [1.165, 1.54) is 37.8 Å². The van der Waals surface area contributed by atoms with Gasteiger partial charge in [0.25, 0.3) is 5.91 Å². The highest BCUT2D eigenvalue weighted by Gasteiger charge is 2.22. The Morgan fingerprint density at radius 3 is 2.50 bits per heavy atom. The molecule has 0 radical (unpaired) electrons. The molecule has 2 nitrogen and oxygen atoms in total. The number of nitrogens with zero attached hydrogens (tertiary/aromatic N) is 1. The first-order chi connectivity index (χ1) is 8.68. The number of hydrogen-bond acceptors (Lipinski definition) is 1. The lowest BCUT2D eigenvalue weighted by Gasteiger charge is -2.27. The van der Waals surface area contributed by atoms with E-state index in [0.717, 1.165) is 12.8 Å². The summed E-state index contributed by atoms with van der Waals surface area (Å²) < 4.78 is 13.1. The average Bonchev–Trinajstić information content (AvgIpc) is 2.66. The highest BCUT2D eigenvalue weighted by Crippen LogP contribution is 2.22. The summed E-state index contributed by atoms with van der Waals surface area (Å²) in [6.45, 7) is 0. The lowest BCUT2D eigenvalue weighted by Crippen LogP contribution is -2.36. The van der Waals surface area contributed by atoms with Crippen LogP contribution in [0.1, 0.15) is 48.9 Å². The van der Waals surface area contributed by atoms with Gasteiger partial charge in [0, 0.05) is 18.7 Å². The van der Waals surface area contributed by atoms with Crippen molar-refractivity contribution in [3.05, 3.63) is 35.6 Å². The van der Waals surface area contributed by atoms with Crippen LogP contribution in [0.2, 0.25) is 0 Å². The standard InChI is InChI=1S/C15H20FNO/c1-17(14-9-4-2-3-5-10-14)15(18)12-7-6-8-13(16)11-12/h6-8,11,14H,2-5,9-10H2,1H3. The summed E-state index contributed by atoms with van der Waals surface area (Å²) in [5, 5.41) is 0. The van der Waals surface area contributed by atoms with Crippen molar-refractivity contribution < 1.29 is 9.18 Å². The van der Waals surface area contributed by atoms with Gasteiger partial charge in [-0.05, 0) is 31.0 Å². The molecule has 1 aliphatic rings. The van der Waals surface area contributed by atoms with E-state index >= 15 is 0 Å². The van der Waals surface area contributed by atoms with Crippen molar-refractivity contribution in [3.63, 3.8) is 0 Å². The van der Waals surface area contributed by atoms with E-state index in [0.29, 0.717) is 11.6 Å². The molecule has 1 saturated carbocycles. The minimum absolute atomic E-state index is 0.0681. The Kier molecular flexibility index (Phi) is 4.34. The average molecular weight is 249 g/mol. The van der Waals surface area contributed by atoms with E-state index in [9.17, 15) is 9.18 Å². The maximum atomic E-state index is 13.1. The van der Waals surface area contributed by atoms with Crippen molar-refractivity contribution in [3.8, 4) is 0 Å². The smallest absolute Gasteiger partial charge is 0.253 e. The van der Waals surface area contributed by atoms with Crippen LogP contribution in [0.15, 0.2) is 24.3 Å². The summed E-state index contributed by atoms with van der Waals surface area (Å²) in [5.41, 5.74) is 0.446. The lowest BCUT2D eigenvalue weighted by molar-refractivity contribution is 0.0717. The van der Waals surface area contributed by atoms with Gasteiger partial charge in [0.15, 0.2) is 0 Å². The molecule has 0 unspecified atom stereocenters. The SMILES string of the molecule is CN(C(=O)c1cccc(F)c1)C1CCCCCC1. The van der Waals surface area contributed by atoms with E-state index < -0.39 is 0 Å². The summed E-state index contributed by atoms with van der Waals surface area (Å²) in [5.74, 6) is -0.420. The van der Waals surface area contributed by atoms with Gasteiger partial charge in [-0.2, -0.15) is 0 Å². The van der Waals surface area contributed by atoms with Crippen LogP contribution in [0.5, 0.6) is 0 Å². The third-order valence-electron chi connectivity index (χ3n) is 3.76. The topological polar surface area (TPSA) is 20.3 Å². The fourth-order valence-electron chi connectivity index (χ4n) is 2.64. The number of benzene rings is 1. The van der Waals surface area contributed by atoms with Crippen LogP contribution in [-0.4, -0.2) is 23.9 Å². The second-order valence-electron chi connectivity index (χ2n) is 5.07. The van der Waals surface area contributed by atoms with Gasteiger partial charge in [-0.25, -0.2) is 4.39 Å². The molecule has 0 spiro atoms. The molecular weight excluding hydrogens is 229 g/mol. The van der Waals surface area contributed by atoms with E-state index in [1.807, 2.05) is 7.05 Å². The Hall–Kier alpha value is -1.38. The fourth-order valence-corrected chi connectivity index (χ4v) is 2.64. The number of hydrogen-bond donors (Lipinski definition) is 0. The second kappa shape index (κ2) is 5.98. The van der Waals surface area contributed by atoms with Gasteiger partial charge in [0.2, 0.25) is 0 Å². The van der Waals surface area contributed by atoms with Gasteiger partial charge in [-0.1, -0.05) is 31.7 Å². The van der Waals surface area contributed by atoms with E-state index in [1.54, 1.807) is 17.0 Å². The van der Waals surface area contributed by atoms with Crippen molar-refractivity contribution in [1.29, 1.82) is 0 Å². The number of halogens is 1. The summed E-state index contributed by atoms with van der Waals surface area (Å²) in [4.78, 5) is 14.1. The summed E-state index contributed by atoms with van der Waals surface area (Å²) >= 11 is 0. The Labute approximate surface area is 108 Å². The monoisotopic (exact) mass is 249 g/mol. The third kappa shape index (κ3) is 3.09. The lowest BCUT2D eigenvalue weighted by atomic mass is 10.1. The van der Waals surface area contributed by atoms with Gasteiger partial charge in [0.05, 0.1) is 0 Å². The Morgan fingerprint density at radius 2 is 1.89 bits per heavy atom. The van der Waals surface area contributed by atoms with Gasteiger partial charge < -0.3 is 4.90 Å². The minimum atomic E-state index is -0.352. The molecule has 0 aromatic heterocycles. The quantitative estimate of drug-likeness (QED) is 0.733. The maximum absolute atomic E-state index is 13.1. The number of carbonyl (C=O) groups excluding carboxylic acids is 1. The maximum Gasteiger partial charge on any atom is 0.253 e. The van der Waals surface area contributed by atoms with Crippen molar-refractivity contribution in [2.45, 2.75) is 44.6 Å². The molecule has 0 N–H and O–H groups in total. The van der Waals surface area contributed by atoms with Gasteiger partial charge in [-0.3, -0.25) is 4.79 Å². The van der Waals surface area contributed by atoms with Crippen LogP contribution in [-0.2, 0) is 0 Å². The zero-order chi connectivity index (χ0) is 13.0. The van der Waals surface area contributed by atoms with E-state index in [-0.39, 0.29) is 11.7 Å². The van der Waals surface area contributed by atoms with Crippen LogP contribution in [0.3, 0.4) is 0 Å². The van der Waals surface area contributed by atoms with Crippen molar-refractivity contribution in [1.82, 2.24) is 4.90 Å². The molecule has 1 fully saturated rings. The minimum Gasteiger partial charge on any atom is -0.339 e. The predicted octanol–water partition coefficient (Wildman–Crippen LogP) is 3.62.